The van der Waals surface area contributed by atoms with Gasteiger partial charge in [-0.2, -0.15) is 15.0 Å². The van der Waals surface area contributed by atoms with Crippen molar-refractivity contribution >= 4 is 0 Å². The summed E-state index contributed by atoms with van der Waals surface area (Å²) in [7, 11) is 0. The second kappa shape index (κ2) is 3.00. The summed E-state index contributed by atoms with van der Waals surface area (Å²) in [6.45, 7) is 5.66. The number of nitrogens with zero attached hydrogens (tertiary/aromatic N) is 3. The summed E-state index contributed by atoms with van der Waals surface area (Å²) in [4.78, 5) is 1.59. The molecule has 1 aromatic rings. The highest BCUT2D eigenvalue weighted by Crippen LogP contribution is 2.08. The average Bonchev–Trinajstić information content (AvgIpc) is 2.33. The SMILES string of the molecule is CC(O)c1cnn(C(C)C)n1. The van der Waals surface area contributed by atoms with E-state index in [0.29, 0.717) is 5.69 Å². The van der Waals surface area contributed by atoms with Gasteiger partial charge in [-0.25, -0.2) is 0 Å². The van der Waals surface area contributed by atoms with E-state index in [9.17, 15) is 0 Å². The van der Waals surface area contributed by atoms with E-state index in [1.165, 1.54) is 0 Å². The number of hydrogen-bond acceptors (Lipinski definition) is 3. The molecule has 0 saturated carbocycles. The summed E-state index contributed by atoms with van der Waals surface area (Å²) in [5.41, 5.74) is 0.624. The van der Waals surface area contributed by atoms with Gasteiger partial charge in [-0.3, -0.25) is 0 Å². The lowest BCUT2D eigenvalue weighted by Crippen LogP contribution is -2.05. The second-order valence-electron chi connectivity index (χ2n) is 2.86. The van der Waals surface area contributed by atoms with Crippen LogP contribution in [0, 0.1) is 0 Å². The first-order valence-corrected chi connectivity index (χ1v) is 3.71. The van der Waals surface area contributed by atoms with Crippen molar-refractivity contribution in [3.05, 3.63) is 11.9 Å². The van der Waals surface area contributed by atoms with Gasteiger partial charge in [0.2, 0.25) is 0 Å². The van der Waals surface area contributed by atoms with Gasteiger partial charge in [-0.05, 0) is 20.8 Å². The van der Waals surface area contributed by atoms with E-state index in [1.54, 1.807) is 17.9 Å². The molecule has 1 atom stereocenters. The summed E-state index contributed by atoms with van der Waals surface area (Å²) in [6, 6.07) is 0.252. The van der Waals surface area contributed by atoms with Gasteiger partial charge < -0.3 is 5.11 Å². The van der Waals surface area contributed by atoms with Crippen molar-refractivity contribution in [1.82, 2.24) is 15.0 Å². The Kier molecular flexibility index (Phi) is 2.24. The van der Waals surface area contributed by atoms with Crippen LogP contribution in [0.15, 0.2) is 6.20 Å². The van der Waals surface area contributed by atoms with Crippen LogP contribution < -0.4 is 0 Å². The molecule has 0 aliphatic rings. The van der Waals surface area contributed by atoms with Crippen molar-refractivity contribution in [3.63, 3.8) is 0 Å². The molecule has 4 heteroatoms. The molecule has 1 rings (SSSR count). The van der Waals surface area contributed by atoms with Crippen molar-refractivity contribution in [2.24, 2.45) is 0 Å². The molecule has 4 nitrogen and oxygen atoms in total. The molecule has 11 heavy (non-hydrogen) atoms. The maximum atomic E-state index is 9.10. The largest absolute Gasteiger partial charge is 0.387 e. The molecule has 0 bridgehead atoms. The lowest BCUT2D eigenvalue weighted by Gasteiger charge is -2.01. The Bertz CT molecular complexity index is 207. The quantitative estimate of drug-likeness (QED) is 0.690. The molecule has 0 spiro atoms. The van der Waals surface area contributed by atoms with Crippen LogP contribution in [-0.4, -0.2) is 20.1 Å². The Morgan fingerprint density at radius 2 is 2.09 bits per heavy atom. The maximum Gasteiger partial charge on any atom is 0.111 e. The van der Waals surface area contributed by atoms with E-state index >= 15 is 0 Å². The van der Waals surface area contributed by atoms with Crippen LogP contribution >= 0.6 is 0 Å². The van der Waals surface area contributed by atoms with Crippen LogP contribution in [0.1, 0.15) is 38.6 Å². The van der Waals surface area contributed by atoms with Gasteiger partial charge in [0.15, 0.2) is 0 Å². The molecule has 0 aliphatic carbocycles. The molecule has 62 valence electrons. The Labute approximate surface area is 65.8 Å². The van der Waals surface area contributed by atoms with Gasteiger partial charge in [-0.15, -0.1) is 0 Å². The third-order valence-corrected chi connectivity index (χ3v) is 1.42. The predicted octanol–water partition coefficient (Wildman–Crippen LogP) is 0.912. The third-order valence-electron chi connectivity index (χ3n) is 1.42. The Balaban J connectivity index is 2.82. The maximum absolute atomic E-state index is 9.10. The predicted molar refractivity (Wildman–Crippen MR) is 41.0 cm³/mol. The molecule has 1 N–H and O–H groups in total. The molecule has 0 saturated heterocycles. The Hall–Kier alpha value is -0.900. The first-order chi connectivity index (χ1) is 5.11. The topological polar surface area (TPSA) is 50.9 Å². The zero-order valence-corrected chi connectivity index (χ0v) is 7.02. The van der Waals surface area contributed by atoms with Gasteiger partial charge in [0, 0.05) is 0 Å². The average molecular weight is 155 g/mol. The van der Waals surface area contributed by atoms with Crippen LogP contribution in [0.2, 0.25) is 0 Å². The van der Waals surface area contributed by atoms with Gasteiger partial charge in [0.25, 0.3) is 0 Å². The van der Waals surface area contributed by atoms with Crippen LogP contribution in [0.25, 0.3) is 0 Å². The van der Waals surface area contributed by atoms with Gasteiger partial charge in [0.1, 0.15) is 5.69 Å². The summed E-state index contributed by atoms with van der Waals surface area (Å²) >= 11 is 0. The zero-order valence-electron chi connectivity index (χ0n) is 7.02. The number of aromatic nitrogens is 3. The molecule has 0 aromatic carbocycles. The summed E-state index contributed by atoms with van der Waals surface area (Å²) < 4.78 is 0. The normalized spacial score (nSPS) is 13.9. The molecule has 1 heterocycles. The monoisotopic (exact) mass is 155 g/mol. The second-order valence-corrected chi connectivity index (χ2v) is 2.86. The van der Waals surface area contributed by atoms with E-state index in [-0.39, 0.29) is 6.04 Å². The van der Waals surface area contributed by atoms with E-state index < -0.39 is 6.10 Å². The van der Waals surface area contributed by atoms with Crippen molar-refractivity contribution in [3.8, 4) is 0 Å². The van der Waals surface area contributed by atoms with Gasteiger partial charge in [0.05, 0.1) is 18.3 Å². The number of rotatable bonds is 2. The highest BCUT2D eigenvalue weighted by molar-refractivity contribution is 4.94. The molecule has 0 aliphatic heterocycles. The van der Waals surface area contributed by atoms with Crippen LogP contribution in [0.5, 0.6) is 0 Å². The van der Waals surface area contributed by atoms with Crippen molar-refractivity contribution < 1.29 is 5.11 Å². The standard InChI is InChI=1S/C7H13N3O/c1-5(2)10-8-4-7(9-10)6(3)11/h4-6,11H,1-3H3. The minimum atomic E-state index is -0.525. The highest BCUT2D eigenvalue weighted by atomic mass is 16.3. The van der Waals surface area contributed by atoms with Crippen LogP contribution in [0.3, 0.4) is 0 Å². The smallest absolute Gasteiger partial charge is 0.111 e. The molecule has 1 aromatic heterocycles. The molecule has 1 unspecified atom stereocenters. The van der Waals surface area contributed by atoms with E-state index in [2.05, 4.69) is 10.2 Å². The summed E-state index contributed by atoms with van der Waals surface area (Å²) in [6.07, 6.45) is 1.06. The third kappa shape index (κ3) is 1.77. The van der Waals surface area contributed by atoms with E-state index in [1.807, 2.05) is 13.8 Å². The molecular formula is C7H13N3O. The minimum Gasteiger partial charge on any atom is -0.387 e. The number of hydrogen-bond donors (Lipinski definition) is 1. The molecule has 0 fully saturated rings. The first kappa shape index (κ1) is 8.20. The fourth-order valence-corrected chi connectivity index (χ4v) is 0.728. The van der Waals surface area contributed by atoms with Gasteiger partial charge >= 0.3 is 0 Å². The van der Waals surface area contributed by atoms with Crippen molar-refractivity contribution in [2.75, 3.05) is 0 Å². The lowest BCUT2D eigenvalue weighted by atomic mass is 10.3. The minimum absolute atomic E-state index is 0.252. The molecule has 0 radical (unpaired) electrons. The number of aliphatic hydroxyl groups is 1. The van der Waals surface area contributed by atoms with Crippen molar-refractivity contribution in [1.29, 1.82) is 0 Å². The van der Waals surface area contributed by atoms with E-state index in [0.717, 1.165) is 0 Å². The Morgan fingerprint density at radius 3 is 2.36 bits per heavy atom. The summed E-state index contributed by atoms with van der Waals surface area (Å²) in [5, 5.41) is 17.2. The Morgan fingerprint density at radius 1 is 1.45 bits per heavy atom. The zero-order chi connectivity index (χ0) is 8.43. The summed E-state index contributed by atoms with van der Waals surface area (Å²) in [5.74, 6) is 0. The van der Waals surface area contributed by atoms with Crippen LogP contribution in [-0.2, 0) is 0 Å². The highest BCUT2D eigenvalue weighted by Gasteiger charge is 2.06. The number of aliphatic hydroxyl groups excluding tert-OH is 1. The first-order valence-electron chi connectivity index (χ1n) is 3.71. The molecule has 0 amide bonds. The van der Waals surface area contributed by atoms with E-state index in [4.69, 9.17) is 5.11 Å². The lowest BCUT2D eigenvalue weighted by molar-refractivity contribution is 0.192. The van der Waals surface area contributed by atoms with Crippen molar-refractivity contribution in [2.45, 2.75) is 32.9 Å². The van der Waals surface area contributed by atoms with Crippen LogP contribution in [0.4, 0.5) is 0 Å². The fraction of sp³-hybridized carbons (Fsp3) is 0.714. The van der Waals surface area contributed by atoms with Gasteiger partial charge in [-0.1, -0.05) is 0 Å². The fourth-order valence-electron chi connectivity index (χ4n) is 0.728. The molecular weight excluding hydrogens is 142 g/mol.